The Labute approximate surface area is 88.9 Å². The van der Waals surface area contributed by atoms with Gasteiger partial charge in [0.05, 0.1) is 0 Å². The molecule has 9 heteroatoms. The van der Waals surface area contributed by atoms with E-state index in [4.69, 9.17) is 9.11 Å². The average Bonchev–Trinajstić information content (AvgIpc) is 2.02. The van der Waals surface area contributed by atoms with Crippen LogP contribution in [0.3, 0.4) is 0 Å². The maximum absolute atomic E-state index is 11.0. The van der Waals surface area contributed by atoms with Gasteiger partial charge in [-0.2, -0.15) is 0 Å². The Morgan fingerprint density at radius 2 is 1.50 bits per heavy atom. The fraction of sp³-hybridized carbons (Fsp3) is 1.00. The molecule has 0 unspecified atom stereocenters. The first kappa shape index (κ1) is 12.4. The van der Waals surface area contributed by atoms with Crippen LogP contribution in [-0.2, 0) is 20.2 Å². The fourth-order valence-electron chi connectivity index (χ4n) is 1.54. The van der Waals surface area contributed by atoms with Crippen LogP contribution in [0.2, 0.25) is 5.28 Å². The number of hydrogen-bond acceptors (Lipinski definition) is 4. The van der Waals surface area contributed by atoms with Crippen LogP contribution in [0.5, 0.6) is 0 Å². The van der Waals surface area contributed by atoms with Crippen LogP contribution in [0.25, 0.3) is 0 Å². The van der Waals surface area contributed by atoms with Gasteiger partial charge in [-0.1, -0.05) is 0 Å². The molecule has 1 aliphatic rings. The molecule has 0 amide bonds. The Bertz CT molecular complexity index is 370. The van der Waals surface area contributed by atoms with E-state index in [9.17, 15) is 16.8 Å². The summed E-state index contributed by atoms with van der Waals surface area (Å²) < 4.78 is 59.4. The molecule has 0 radical (unpaired) electrons. The van der Waals surface area contributed by atoms with Crippen molar-refractivity contribution in [1.29, 1.82) is 0 Å². The molecule has 0 spiro atoms. The molecule has 1 fully saturated rings. The van der Waals surface area contributed by atoms with Crippen molar-refractivity contribution in [2.45, 2.75) is 27.5 Å². The zero-order valence-corrected chi connectivity index (χ0v) is 10.0. The zero-order valence-electron chi connectivity index (χ0n) is 7.25. The van der Waals surface area contributed by atoms with Gasteiger partial charge in [-0.25, -0.2) is 0 Å². The Kier molecular flexibility index (Phi) is 3.31. The first-order chi connectivity index (χ1) is 6.21. The third kappa shape index (κ3) is 1.98. The van der Waals surface area contributed by atoms with E-state index in [1.165, 1.54) is 0 Å². The number of rotatable bonds is 2. The molecular weight excluding hydrogens is 247 g/mol. The molecule has 0 aromatic carbocycles. The molecule has 0 atom stereocenters. The van der Waals surface area contributed by atoms with E-state index in [-0.39, 0.29) is 6.42 Å². The summed E-state index contributed by atoms with van der Waals surface area (Å²) in [5, 5.41) is 0.444. The van der Waals surface area contributed by atoms with Crippen LogP contribution in [0.4, 0.5) is 0 Å². The first-order valence-electron chi connectivity index (χ1n) is 3.99. The fourth-order valence-corrected chi connectivity index (χ4v) is 7.14. The molecule has 1 aliphatic heterocycles. The SMILES string of the molecule is O=S(=O)(O)[C]1(S(=O)(=O)O)CCC[CH2][Al+]1. The van der Waals surface area contributed by atoms with Gasteiger partial charge in [0, 0.05) is 0 Å². The van der Waals surface area contributed by atoms with Crippen molar-refractivity contribution < 1.29 is 25.9 Å². The third-order valence-electron chi connectivity index (χ3n) is 2.31. The van der Waals surface area contributed by atoms with Crippen molar-refractivity contribution in [1.82, 2.24) is 0 Å². The van der Waals surface area contributed by atoms with Gasteiger partial charge in [-0.15, -0.1) is 0 Å². The van der Waals surface area contributed by atoms with Gasteiger partial charge < -0.3 is 0 Å². The molecule has 1 heterocycles. The van der Waals surface area contributed by atoms with Gasteiger partial charge in [0.25, 0.3) is 0 Å². The summed E-state index contributed by atoms with van der Waals surface area (Å²) in [5.74, 6) is 0. The van der Waals surface area contributed by atoms with E-state index < -0.39 is 38.4 Å². The Morgan fingerprint density at radius 1 is 1.00 bits per heavy atom. The van der Waals surface area contributed by atoms with Gasteiger partial charge in [0.2, 0.25) is 0 Å². The summed E-state index contributed by atoms with van der Waals surface area (Å²) >= 11 is -1.04. The van der Waals surface area contributed by atoms with Gasteiger partial charge in [0.1, 0.15) is 0 Å². The van der Waals surface area contributed by atoms with Gasteiger partial charge in [0.15, 0.2) is 0 Å². The monoisotopic (exact) mass is 257 g/mol. The third-order valence-corrected chi connectivity index (χ3v) is 10.1. The molecule has 1 saturated heterocycles. The number of hydrogen-bond donors (Lipinski definition) is 2. The molecule has 80 valence electrons. The van der Waals surface area contributed by atoms with Gasteiger partial charge in [-0.05, 0) is 0 Å². The van der Waals surface area contributed by atoms with E-state index in [1.54, 1.807) is 0 Å². The summed E-state index contributed by atoms with van der Waals surface area (Å²) in [6.07, 6.45) is 0.911. The second-order valence-corrected chi connectivity index (χ2v) is 9.64. The standard InChI is InChI=1S/C5H10O6S2.Al/c1-2-3-4-5(12(6,7)8)13(9,10)11;/h1-4H2,(H,6,7,8)(H,9,10,11);/q;+1. The second-order valence-electron chi connectivity index (χ2n) is 3.21. The quantitative estimate of drug-likeness (QED) is 0.520. The van der Waals surface area contributed by atoms with E-state index in [0.29, 0.717) is 11.7 Å². The molecule has 0 saturated carbocycles. The van der Waals surface area contributed by atoms with Crippen LogP contribution >= 0.6 is 0 Å². The summed E-state index contributed by atoms with van der Waals surface area (Å²) in [7, 11) is -9.49. The van der Waals surface area contributed by atoms with Crippen molar-refractivity contribution in [2.75, 3.05) is 0 Å². The minimum atomic E-state index is -4.75. The molecule has 0 bridgehead atoms. The molecule has 6 nitrogen and oxygen atoms in total. The van der Waals surface area contributed by atoms with Crippen molar-refractivity contribution >= 4 is 35.5 Å². The van der Waals surface area contributed by atoms with Crippen molar-refractivity contribution in [3.05, 3.63) is 0 Å². The molecule has 0 aliphatic carbocycles. The first-order valence-corrected chi connectivity index (χ1v) is 8.26. The zero-order chi connectivity index (χ0) is 11.0. The predicted molar refractivity (Wildman–Crippen MR) is 50.2 cm³/mol. The Hall–Kier alpha value is 0.352. The van der Waals surface area contributed by atoms with Crippen LogP contribution in [-0.4, -0.2) is 44.1 Å². The predicted octanol–water partition coefficient (Wildman–Crippen LogP) is -0.278. The van der Waals surface area contributed by atoms with Crippen LogP contribution < -0.4 is 0 Å². The summed E-state index contributed by atoms with van der Waals surface area (Å²) in [5.41, 5.74) is 0. The Balaban J connectivity index is 3.30. The van der Waals surface area contributed by atoms with Crippen molar-refractivity contribution in [3.63, 3.8) is 0 Å². The van der Waals surface area contributed by atoms with E-state index in [2.05, 4.69) is 0 Å². The van der Waals surface area contributed by atoms with Crippen molar-refractivity contribution in [2.24, 2.45) is 0 Å². The van der Waals surface area contributed by atoms with Gasteiger partial charge in [-0.3, -0.25) is 0 Å². The summed E-state index contributed by atoms with van der Waals surface area (Å²) in [4.78, 5) is 0. The van der Waals surface area contributed by atoms with E-state index in [1.807, 2.05) is 0 Å². The molecule has 0 aromatic rings. The molecule has 2 N–H and O–H groups in total. The summed E-state index contributed by atoms with van der Waals surface area (Å²) in [6, 6.07) is 0. The average molecular weight is 257 g/mol. The molecular formula is C5H10AlO6S2+. The molecule has 0 aromatic heterocycles. The Morgan fingerprint density at radius 3 is 1.71 bits per heavy atom. The van der Waals surface area contributed by atoms with E-state index >= 15 is 0 Å². The van der Waals surface area contributed by atoms with Gasteiger partial charge >= 0.3 is 88.9 Å². The van der Waals surface area contributed by atoms with Crippen LogP contribution in [0.1, 0.15) is 19.3 Å². The van der Waals surface area contributed by atoms with Crippen LogP contribution in [0.15, 0.2) is 0 Å². The topological polar surface area (TPSA) is 109 Å². The second kappa shape index (κ2) is 3.74. The minimum absolute atomic E-state index is 0.208. The normalized spacial score (nSPS) is 22.1. The van der Waals surface area contributed by atoms with Crippen LogP contribution in [0, 0.1) is 0 Å². The van der Waals surface area contributed by atoms with Crippen molar-refractivity contribution in [3.8, 4) is 0 Å². The van der Waals surface area contributed by atoms with E-state index in [0.717, 1.165) is 6.42 Å². The summed E-state index contributed by atoms with van der Waals surface area (Å²) in [6.45, 7) is 0. The maximum atomic E-state index is 11.0. The molecule has 14 heavy (non-hydrogen) atoms. The molecule has 1 rings (SSSR count).